The molecule has 150 valence electrons. The number of hydrogen-bond donors (Lipinski definition) is 1. The Kier molecular flexibility index (Phi) is 5.36. The highest BCUT2D eigenvalue weighted by Crippen LogP contribution is 2.28. The van der Waals surface area contributed by atoms with Crippen LogP contribution in [0, 0.1) is 25.2 Å². The molecule has 2 heterocycles. The van der Waals surface area contributed by atoms with Crippen LogP contribution in [0.4, 0.5) is 0 Å². The first-order chi connectivity index (χ1) is 14.6. The predicted molar refractivity (Wildman–Crippen MR) is 117 cm³/mol. The molecule has 0 unspecified atom stereocenters. The van der Waals surface area contributed by atoms with Crippen LogP contribution in [0.2, 0.25) is 0 Å². The lowest BCUT2D eigenvalue weighted by atomic mass is 10.1. The first-order valence-electron chi connectivity index (χ1n) is 9.89. The Morgan fingerprint density at radius 2 is 2.03 bits per heavy atom. The molecule has 0 saturated carbocycles. The maximum absolute atomic E-state index is 12.6. The normalized spacial score (nSPS) is 18.8. The predicted octanol–water partition coefficient (Wildman–Crippen LogP) is 4.76. The zero-order chi connectivity index (χ0) is 21.1. The van der Waals surface area contributed by atoms with E-state index in [0.717, 1.165) is 47.6 Å². The molecule has 30 heavy (non-hydrogen) atoms. The Hall–Kier alpha value is -3.85. The third-order valence-electron chi connectivity index (χ3n) is 5.05. The van der Waals surface area contributed by atoms with E-state index >= 15 is 0 Å². The summed E-state index contributed by atoms with van der Waals surface area (Å²) >= 11 is 0. The Balaban J connectivity index is 1.75. The van der Waals surface area contributed by atoms with Crippen LogP contribution in [-0.4, -0.2) is 14.5 Å². The number of fused-ring (bicyclic) bond motifs is 1. The van der Waals surface area contributed by atoms with Crippen LogP contribution in [-0.2, 0) is 0 Å². The van der Waals surface area contributed by atoms with Gasteiger partial charge in [0, 0.05) is 12.6 Å². The summed E-state index contributed by atoms with van der Waals surface area (Å²) in [6.07, 6.45) is 12.0. The fourth-order valence-electron chi connectivity index (χ4n) is 3.64. The Morgan fingerprint density at radius 3 is 2.80 bits per heavy atom. The summed E-state index contributed by atoms with van der Waals surface area (Å²) in [5.74, 6) is 1.58. The summed E-state index contributed by atoms with van der Waals surface area (Å²) < 4.78 is 7.83. The van der Waals surface area contributed by atoms with Gasteiger partial charge in [0.2, 0.25) is 0 Å². The van der Waals surface area contributed by atoms with E-state index in [0.29, 0.717) is 16.7 Å². The van der Waals surface area contributed by atoms with Crippen LogP contribution in [0.15, 0.2) is 65.3 Å². The second-order valence-electron chi connectivity index (χ2n) is 7.31. The number of rotatable bonds is 3. The van der Waals surface area contributed by atoms with Crippen molar-refractivity contribution in [2.24, 2.45) is 0 Å². The Morgan fingerprint density at radius 1 is 1.23 bits per heavy atom. The van der Waals surface area contributed by atoms with Crippen molar-refractivity contribution in [3.05, 3.63) is 87.7 Å². The smallest absolute Gasteiger partial charge is 0.332 e. The van der Waals surface area contributed by atoms with E-state index < -0.39 is 0 Å². The largest absolute Gasteiger partial charge is 0.461 e. The van der Waals surface area contributed by atoms with E-state index in [9.17, 15) is 4.79 Å². The van der Waals surface area contributed by atoms with E-state index in [-0.39, 0.29) is 5.69 Å². The number of allylic oxidation sites excluding steroid dienone is 6. The summed E-state index contributed by atoms with van der Waals surface area (Å²) in [4.78, 5) is 19.8. The quantitative estimate of drug-likeness (QED) is 0.690. The third-order valence-corrected chi connectivity index (χ3v) is 5.05. The second-order valence-corrected chi connectivity index (χ2v) is 7.31. The summed E-state index contributed by atoms with van der Waals surface area (Å²) in [6.45, 7) is 3.89. The van der Waals surface area contributed by atoms with Crippen LogP contribution < -0.4 is 10.4 Å². The topological polar surface area (TPSA) is 83.7 Å². The molecule has 1 aliphatic carbocycles. The van der Waals surface area contributed by atoms with Gasteiger partial charge in [-0.1, -0.05) is 6.08 Å². The molecule has 1 aliphatic rings. The zero-order valence-corrected chi connectivity index (χ0v) is 17.0. The first kappa shape index (κ1) is 19.5. The van der Waals surface area contributed by atoms with Gasteiger partial charge in [0.25, 0.3) is 0 Å². The van der Waals surface area contributed by atoms with E-state index in [2.05, 4.69) is 22.1 Å². The van der Waals surface area contributed by atoms with Crippen LogP contribution in [0.25, 0.3) is 16.9 Å². The zero-order valence-electron chi connectivity index (χ0n) is 17.0. The molecule has 0 amide bonds. The molecule has 1 N–H and O–H groups in total. The van der Waals surface area contributed by atoms with Crippen molar-refractivity contribution in [3.63, 3.8) is 0 Å². The minimum Gasteiger partial charge on any atom is -0.461 e. The van der Waals surface area contributed by atoms with Crippen LogP contribution >= 0.6 is 0 Å². The van der Waals surface area contributed by atoms with Gasteiger partial charge in [0.05, 0.1) is 22.8 Å². The molecule has 3 aromatic rings. The Bertz CT molecular complexity index is 1280. The van der Waals surface area contributed by atoms with E-state index in [4.69, 9.17) is 10.00 Å². The van der Waals surface area contributed by atoms with Crippen molar-refractivity contribution in [1.29, 1.82) is 5.26 Å². The lowest BCUT2D eigenvalue weighted by Crippen LogP contribution is -2.15. The van der Waals surface area contributed by atoms with Gasteiger partial charge in [-0.25, -0.2) is 14.3 Å². The SMILES string of the molecule is Cc1cc(C#N)cc(C)c1O/C1=C/C=C(n2c(=O)[nH]c3cccnc32)\C=C/CCC1. The van der Waals surface area contributed by atoms with Crippen LogP contribution in [0.5, 0.6) is 5.75 Å². The molecule has 0 spiro atoms. The minimum absolute atomic E-state index is 0.228. The van der Waals surface area contributed by atoms with Gasteiger partial charge in [0.15, 0.2) is 5.65 Å². The number of ether oxygens (including phenoxy) is 1. The fourth-order valence-corrected chi connectivity index (χ4v) is 3.64. The van der Waals surface area contributed by atoms with E-state index in [1.165, 1.54) is 0 Å². The average Bonchev–Trinajstić information content (AvgIpc) is 3.11. The summed E-state index contributed by atoms with van der Waals surface area (Å²) in [6, 6.07) is 9.47. The number of nitrogens with one attached hydrogen (secondary N) is 1. The molecule has 2 aromatic heterocycles. The summed E-state index contributed by atoms with van der Waals surface area (Å²) in [5.41, 5.74) is 4.25. The number of nitrogens with zero attached hydrogens (tertiary/aromatic N) is 3. The minimum atomic E-state index is -0.228. The molecule has 0 radical (unpaired) electrons. The molecule has 0 saturated heterocycles. The van der Waals surface area contributed by atoms with Crippen molar-refractivity contribution in [2.45, 2.75) is 33.1 Å². The molecular formula is C24H22N4O2. The molecular weight excluding hydrogens is 376 g/mol. The number of pyridine rings is 1. The van der Waals surface area contributed by atoms with Gasteiger partial charge in [-0.05, 0) is 80.3 Å². The molecule has 0 bridgehead atoms. The maximum Gasteiger partial charge on any atom is 0.332 e. The highest BCUT2D eigenvalue weighted by molar-refractivity contribution is 5.77. The molecule has 0 fully saturated rings. The average molecular weight is 398 g/mol. The summed E-state index contributed by atoms with van der Waals surface area (Å²) in [5, 5.41) is 9.16. The number of imidazole rings is 1. The molecule has 1 aromatic carbocycles. The standard InChI is InChI=1S/C24H22N4O2/c1-16-13-18(15-25)14-17(2)22(16)30-20-8-5-3-4-7-19(10-11-20)28-23-21(27-24(28)29)9-6-12-26-23/h4,6-7,9-14H,3,5,8H2,1-2H3,(H,27,29)/b7-4-,19-10+,20-11+. The number of nitriles is 1. The van der Waals surface area contributed by atoms with Gasteiger partial charge in [-0.2, -0.15) is 5.26 Å². The van der Waals surface area contributed by atoms with E-state index in [1.54, 1.807) is 16.8 Å². The summed E-state index contributed by atoms with van der Waals surface area (Å²) in [7, 11) is 0. The fraction of sp³-hybridized carbons (Fsp3) is 0.208. The van der Waals surface area contributed by atoms with E-state index in [1.807, 2.05) is 50.3 Å². The van der Waals surface area contributed by atoms with Gasteiger partial charge in [-0.15, -0.1) is 0 Å². The highest BCUT2D eigenvalue weighted by Gasteiger charge is 2.12. The van der Waals surface area contributed by atoms with Gasteiger partial charge < -0.3 is 9.72 Å². The van der Waals surface area contributed by atoms with Crippen molar-refractivity contribution in [2.75, 3.05) is 0 Å². The van der Waals surface area contributed by atoms with Crippen LogP contribution in [0.3, 0.4) is 0 Å². The lowest BCUT2D eigenvalue weighted by molar-refractivity contribution is 0.394. The number of aromatic amines is 1. The van der Waals surface area contributed by atoms with Crippen molar-refractivity contribution in [3.8, 4) is 11.8 Å². The monoisotopic (exact) mass is 398 g/mol. The molecule has 4 rings (SSSR count). The van der Waals surface area contributed by atoms with Crippen molar-refractivity contribution < 1.29 is 4.74 Å². The van der Waals surface area contributed by atoms with Crippen molar-refractivity contribution >= 4 is 16.9 Å². The lowest BCUT2D eigenvalue weighted by Gasteiger charge is -2.14. The molecule has 6 heteroatoms. The maximum atomic E-state index is 12.6. The van der Waals surface area contributed by atoms with Crippen molar-refractivity contribution in [1.82, 2.24) is 14.5 Å². The van der Waals surface area contributed by atoms with Gasteiger partial charge in [-0.3, -0.25) is 0 Å². The molecule has 0 aliphatic heterocycles. The highest BCUT2D eigenvalue weighted by atomic mass is 16.5. The number of aryl methyl sites for hydroxylation is 2. The van der Waals surface area contributed by atoms with Gasteiger partial charge in [0.1, 0.15) is 11.5 Å². The molecule has 6 nitrogen and oxygen atoms in total. The number of hydrogen-bond acceptors (Lipinski definition) is 4. The Labute approximate surface area is 174 Å². The number of aromatic nitrogens is 3. The van der Waals surface area contributed by atoms with Crippen LogP contribution in [0.1, 0.15) is 36.0 Å². The molecule has 0 atom stereocenters. The number of benzene rings is 1. The second kappa shape index (κ2) is 8.26. The first-order valence-corrected chi connectivity index (χ1v) is 9.89. The number of H-pyrrole nitrogens is 1. The van der Waals surface area contributed by atoms with Gasteiger partial charge >= 0.3 is 5.69 Å². The third kappa shape index (κ3) is 3.83.